The Bertz CT molecular complexity index is 609. The van der Waals surface area contributed by atoms with Crippen molar-refractivity contribution in [3.63, 3.8) is 0 Å². The molecule has 94 valence electrons. The number of aryl methyl sites for hydroxylation is 1. The summed E-state index contributed by atoms with van der Waals surface area (Å²) in [5, 5.41) is 9.57. The van der Waals surface area contributed by atoms with E-state index in [1.54, 1.807) is 12.1 Å². The first-order valence-electron chi connectivity index (χ1n) is 5.21. The second-order valence-corrected chi connectivity index (χ2v) is 5.18. The van der Waals surface area contributed by atoms with Crippen molar-refractivity contribution in [3.8, 4) is 11.5 Å². The molecule has 0 aliphatic heterocycles. The Kier molecular flexibility index (Phi) is 3.91. The number of nitrogens with zero attached hydrogens (tertiary/aromatic N) is 1. The average Bonchev–Trinajstić information content (AvgIpc) is 2.76. The van der Waals surface area contributed by atoms with Gasteiger partial charge < -0.3 is 9.52 Å². The third-order valence-corrected chi connectivity index (χ3v) is 3.56. The first-order chi connectivity index (χ1) is 8.52. The van der Waals surface area contributed by atoms with Crippen molar-refractivity contribution in [2.45, 2.75) is 13.3 Å². The summed E-state index contributed by atoms with van der Waals surface area (Å²) in [6.45, 7) is 1.83. The van der Waals surface area contributed by atoms with Crippen LogP contribution >= 0.6 is 34.2 Å². The minimum Gasteiger partial charge on any atom is -0.475 e. The normalized spacial score (nSPS) is 10.6. The highest BCUT2D eigenvalue weighted by Gasteiger charge is 2.20. The van der Waals surface area contributed by atoms with Crippen LogP contribution in [0.25, 0.3) is 11.5 Å². The summed E-state index contributed by atoms with van der Waals surface area (Å²) >= 11 is 8.05. The van der Waals surface area contributed by atoms with Crippen molar-refractivity contribution < 1.29 is 14.3 Å². The van der Waals surface area contributed by atoms with E-state index in [-0.39, 0.29) is 11.7 Å². The van der Waals surface area contributed by atoms with Crippen molar-refractivity contribution in [1.29, 1.82) is 0 Å². The first kappa shape index (κ1) is 13.4. The number of hydrogen-bond acceptors (Lipinski definition) is 3. The highest BCUT2D eigenvalue weighted by Crippen LogP contribution is 2.29. The number of oxazole rings is 1. The minimum absolute atomic E-state index is 0.108. The standard InChI is InChI=1S/C12H9ClINO3/c1-2-9-10(12(16)17)18-11(15-9)7-5-6(13)3-4-8(7)14/h3-5H,2H2,1H3,(H,16,17). The van der Waals surface area contributed by atoms with Crippen LogP contribution in [0.15, 0.2) is 22.6 Å². The first-order valence-corrected chi connectivity index (χ1v) is 6.67. The third-order valence-electron chi connectivity index (χ3n) is 2.39. The monoisotopic (exact) mass is 377 g/mol. The van der Waals surface area contributed by atoms with Gasteiger partial charge in [0.25, 0.3) is 0 Å². The van der Waals surface area contributed by atoms with Gasteiger partial charge in [-0.15, -0.1) is 0 Å². The van der Waals surface area contributed by atoms with Gasteiger partial charge in [-0.1, -0.05) is 18.5 Å². The molecule has 0 amide bonds. The predicted molar refractivity (Wildman–Crippen MR) is 76.0 cm³/mol. The van der Waals surface area contributed by atoms with Gasteiger partial charge in [0.2, 0.25) is 11.7 Å². The van der Waals surface area contributed by atoms with Crippen LogP contribution in [0.1, 0.15) is 23.2 Å². The van der Waals surface area contributed by atoms with Crippen LogP contribution in [0.4, 0.5) is 0 Å². The van der Waals surface area contributed by atoms with Crippen LogP contribution in [0, 0.1) is 3.57 Å². The third kappa shape index (κ3) is 2.51. The molecular formula is C12H9ClINO3. The highest BCUT2D eigenvalue weighted by molar-refractivity contribution is 14.1. The smallest absolute Gasteiger partial charge is 0.373 e. The Hall–Kier alpha value is -1.08. The lowest BCUT2D eigenvalue weighted by atomic mass is 10.2. The fourth-order valence-corrected chi connectivity index (χ4v) is 2.27. The van der Waals surface area contributed by atoms with Gasteiger partial charge in [0, 0.05) is 8.59 Å². The van der Waals surface area contributed by atoms with Gasteiger partial charge >= 0.3 is 5.97 Å². The maximum absolute atomic E-state index is 11.0. The number of halogens is 2. The summed E-state index contributed by atoms with van der Waals surface area (Å²) in [6, 6.07) is 5.29. The fourth-order valence-electron chi connectivity index (χ4n) is 1.54. The van der Waals surface area contributed by atoms with Crippen LogP contribution in [0.2, 0.25) is 5.02 Å². The zero-order valence-corrected chi connectivity index (χ0v) is 12.3. The Morgan fingerprint density at radius 1 is 1.56 bits per heavy atom. The van der Waals surface area contributed by atoms with E-state index in [0.717, 1.165) is 3.57 Å². The van der Waals surface area contributed by atoms with E-state index < -0.39 is 5.97 Å². The molecule has 4 nitrogen and oxygen atoms in total. The molecule has 0 saturated carbocycles. The molecule has 1 heterocycles. The summed E-state index contributed by atoms with van der Waals surface area (Å²) in [5.74, 6) is -0.929. The molecule has 0 aliphatic carbocycles. The zero-order valence-electron chi connectivity index (χ0n) is 9.41. The lowest BCUT2D eigenvalue weighted by Gasteiger charge is -1.99. The van der Waals surface area contributed by atoms with Crippen LogP contribution < -0.4 is 0 Å². The van der Waals surface area contributed by atoms with Crippen LogP contribution in [-0.2, 0) is 6.42 Å². The molecule has 0 radical (unpaired) electrons. The Balaban J connectivity index is 2.57. The SMILES string of the molecule is CCc1nc(-c2cc(Cl)ccc2I)oc1C(=O)O. The number of aromatic carboxylic acids is 1. The van der Waals surface area contributed by atoms with Crippen molar-refractivity contribution in [2.75, 3.05) is 0 Å². The molecule has 0 saturated heterocycles. The molecule has 1 aromatic heterocycles. The number of aromatic nitrogens is 1. The van der Waals surface area contributed by atoms with Gasteiger partial charge in [-0.05, 0) is 47.2 Å². The van der Waals surface area contributed by atoms with E-state index in [1.807, 2.05) is 13.0 Å². The van der Waals surface area contributed by atoms with E-state index in [9.17, 15) is 4.79 Å². The largest absolute Gasteiger partial charge is 0.475 e. The van der Waals surface area contributed by atoms with Gasteiger partial charge in [0.05, 0.1) is 11.3 Å². The quantitative estimate of drug-likeness (QED) is 0.825. The van der Waals surface area contributed by atoms with Crippen LogP contribution in [0.3, 0.4) is 0 Å². The number of benzene rings is 1. The van der Waals surface area contributed by atoms with Crippen LogP contribution in [0.5, 0.6) is 0 Å². The van der Waals surface area contributed by atoms with E-state index in [2.05, 4.69) is 27.6 Å². The van der Waals surface area contributed by atoms with Crippen molar-refractivity contribution in [3.05, 3.63) is 38.2 Å². The Morgan fingerprint density at radius 3 is 2.83 bits per heavy atom. The molecular weight excluding hydrogens is 368 g/mol. The number of carboxylic acids is 1. The number of hydrogen-bond donors (Lipinski definition) is 1. The minimum atomic E-state index is -1.11. The van der Waals surface area contributed by atoms with Gasteiger partial charge in [-0.25, -0.2) is 9.78 Å². The maximum Gasteiger partial charge on any atom is 0.373 e. The van der Waals surface area contributed by atoms with Crippen molar-refractivity contribution >= 4 is 40.2 Å². The number of rotatable bonds is 3. The fraction of sp³-hybridized carbons (Fsp3) is 0.167. The molecule has 2 aromatic rings. The Morgan fingerprint density at radius 2 is 2.28 bits per heavy atom. The molecule has 6 heteroatoms. The molecule has 2 rings (SSSR count). The second-order valence-electron chi connectivity index (χ2n) is 3.58. The average molecular weight is 378 g/mol. The summed E-state index contributed by atoms with van der Waals surface area (Å²) in [7, 11) is 0. The predicted octanol–water partition coefficient (Wildman–Crippen LogP) is 3.86. The van der Waals surface area contributed by atoms with Crippen LogP contribution in [-0.4, -0.2) is 16.1 Å². The summed E-state index contributed by atoms with van der Waals surface area (Å²) in [4.78, 5) is 15.2. The zero-order chi connectivity index (χ0) is 13.3. The number of carbonyl (C=O) groups is 1. The molecule has 0 fully saturated rings. The van der Waals surface area contributed by atoms with E-state index >= 15 is 0 Å². The molecule has 0 atom stereocenters. The Labute approximate surface area is 122 Å². The maximum atomic E-state index is 11.0. The van der Waals surface area contributed by atoms with E-state index in [0.29, 0.717) is 22.7 Å². The topological polar surface area (TPSA) is 63.3 Å². The molecule has 0 unspecified atom stereocenters. The number of carboxylic acid groups (broad SMARTS) is 1. The van der Waals surface area contributed by atoms with Gasteiger partial charge in [0.1, 0.15) is 0 Å². The highest BCUT2D eigenvalue weighted by atomic mass is 127. The molecule has 1 N–H and O–H groups in total. The van der Waals surface area contributed by atoms with E-state index in [1.165, 1.54) is 0 Å². The van der Waals surface area contributed by atoms with Gasteiger partial charge in [-0.3, -0.25) is 0 Å². The second kappa shape index (κ2) is 5.27. The summed E-state index contributed by atoms with van der Waals surface area (Å²) in [6.07, 6.45) is 0.502. The van der Waals surface area contributed by atoms with Gasteiger partial charge in [0.15, 0.2) is 0 Å². The summed E-state index contributed by atoms with van der Waals surface area (Å²) in [5.41, 5.74) is 1.14. The van der Waals surface area contributed by atoms with E-state index in [4.69, 9.17) is 21.1 Å². The summed E-state index contributed by atoms with van der Waals surface area (Å²) < 4.78 is 6.22. The molecule has 0 bridgehead atoms. The lowest BCUT2D eigenvalue weighted by Crippen LogP contribution is -1.98. The molecule has 0 aliphatic rings. The lowest BCUT2D eigenvalue weighted by molar-refractivity contribution is 0.0662. The van der Waals surface area contributed by atoms with Crippen molar-refractivity contribution in [2.24, 2.45) is 0 Å². The van der Waals surface area contributed by atoms with Crippen molar-refractivity contribution in [1.82, 2.24) is 4.98 Å². The molecule has 1 aromatic carbocycles. The molecule has 0 spiro atoms. The molecule has 18 heavy (non-hydrogen) atoms. The van der Waals surface area contributed by atoms with Gasteiger partial charge in [-0.2, -0.15) is 0 Å².